The number of hydrogen-bond donors (Lipinski definition) is 3. The molecule has 200 valence electrons. The molecule has 11 nitrogen and oxygen atoms in total. The van der Waals surface area contributed by atoms with Crippen molar-refractivity contribution in [3.63, 3.8) is 0 Å². The number of ether oxygens (including phenoxy) is 3. The first-order valence-corrected chi connectivity index (χ1v) is 13.6. The standard InChI is InChI=1S/C26H30ClN7O4/c27-18-13-28-23-20(18)24(29-15-1-2-15)32-26(31-23)30-19-4-3-17(21-22(19)38-14-37-21)25(35)34-7-5-16(6-8-34)33-9-11-36-12-10-33/h3-4,13,15-16H,1-2,5-12,14H2,(H3,28,29,30,31,32). The topological polar surface area (TPSA) is 117 Å². The first-order valence-electron chi connectivity index (χ1n) is 13.3. The molecule has 38 heavy (non-hydrogen) atoms. The molecule has 1 saturated carbocycles. The van der Waals surface area contributed by atoms with Crippen molar-refractivity contribution < 1.29 is 19.0 Å². The smallest absolute Gasteiger partial charge is 0.257 e. The first-order chi connectivity index (χ1) is 18.6. The molecular weight excluding hydrogens is 510 g/mol. The molecule has 12 heteroatoms. The van der Waals surface area contributed by atoms with E-state index in [2.05, 4.69) is 25.5 Å². The molecule has 2 saturated heterocycles. The van der Waals surface area contributed by atoms with Crippen LogP contribution in [0.15, 0.2) is 18.3 Å². The van der Waals surface area contributed by atoms with Crippen molar-refractivity contribution in [3.8, 4) is 11.5 Å². The summed E-state index contributed by atoms with van der Waals surface area (Å²) in [6.45, 7) is 5.01. The van der Waals surface area contributed by atoms with Crippen LogP contribution in [0.2, 0.25) is 5.02 Å². The molecule has 2 aromatic heterocycles. The van der Waals surface area contributed by atoms with Crippen molar-refractivity contribution in [2.24, 2.45) is 0 Å². The van der Waals surface area contributed by atoms with Gasteiger partial charge in [-0.05, 0) is 37.8 Å². The summed E-state index contributed by atoms with van der Waals surface area (Å²) in [6, 6.07) is 4.52. The van der Waals surface area contributed by atoms with Crippen molar-refractivity contribution >= 4 is 46.0 Å². The zero-order valence-electron chi connectivity index (χ0n) is 21.0. The van der Waals surface area contributed by atoms with Crippen LogP contribution >= 0.6 is 11.6 Å². The Morgan fingerprint density at radius 2 is 1.82 bits per heavy atom. The number of nitrogens with one attached hydrogen (secondary N) is 3. The Kier molecular flexibility index (Phi) is 6.13. The van der Waals surface area contributed by atoms with Gasteiger partial charge in [-0.2, -0.15) is 9.97 Å². The predicted molar refractivity (Wildman–Crippen MR) is 143 cm³/mol. The van der Waals surface area contributed by atoms with Crippen LogP contribution in [0, 0.1) is 0 Å². The Labute approximate surface area is 224 Å². The third-order valence-corrected chi connectivity index (χ3v) is 8.01. The molecular formula is C26H30ClN7O4. The van der Waals surface area contributed by atoms with E-state index in [0.29, 0.717) is 57.3 Å². The van der Waals surface area contributed by atoms with Gasteiger partial charge in [0.05, 0.1) is 34.9 Å². The number of amides is 1. The first kappa shape index (κ1) is 23.8. The normalized spacial score (nSPS) is 20.2. The largest absolute Gasteiger partial charge is 0.453 e. The van der Waals surface area contributed by atoms with Gasteiger partial charge in [-0.15, -0.1) is 0 Å². The van der Waals surface area contributed by atoms with Crippen LogP contribution in [0.25, 0.3) is 11.0 Å². The molecule has 0 bridgehead atoms. The molecule has 3 aromatic rings. The molecule has 4 aliphatic rings. The van der Waals surface area contributed by atoms with Crippen molar-refractivity contribution in [3.05, 3.63) is 28.9 Å². The third-order valence-electron chi connectivity index (χ3n) is 7.71. The lowest BCUT2D eigenvalue weighted by Crippen LogP contribution is -2.50. The molecule has 0 unspecified atom stereocenters. The van der Waals surface area contributed by atoms with Crippen LogP contribution in [0.3, 0.4) is 0 Å². The lowest BCUT2D eigenvalue weighted by atomic mass is 10.0. The van der Waals surface area contributed by atoms with E-state index in [9.17, 15) is 4.79 Å². The summed E-state index contributed by atoms with van der Waals surface area (Å²) in [5.41, 5.74) is 1.78. The summed E-state index contributed by atoms with van der Waals surface area (Å²) in [6.07, 6.45) is 5.85. The minimum atomic E-state index is -0.0339. The summed E-state index contributed by atoms with van der Waals surface area (Å²) in [7, 11) is 0. The average Bonchev–Trinajstić information content (AvgIpc) is 3.47. The maximum absolute atomic E-state index is 13.5. The van der Waals surface area contributed by atoms with Gasteiger partial charge in [-0.3, -0.25) is 9.69 Å². The highest BCUT2D eigenvalue weighted by Crippen LogP contribution is 2.44. The second-order valence-corrected chi connectivity index (χ2v) is 10.6. The maximum atomic E-state index is 13.5. The van der Waals surface area contributed by atoms with Crippen molar-refractivity contribution in [1.29, 1.82) is 0 Å². The van der Waals surface area contributed by atoms with Gasteiger partial charge < -0.3 is 34.7 Å². The summed E-state index contributed by atoms with van der Waals surface area (Å²) in [4.78, 5) is 30.3. The summed E-state index contributed by atoms with van der Waals surface area (Å²) >= 11 is 6.38. The number of halogens is 1. The van der Waals surface area contributed by atoms with E-state index in [0.717, 1.165) is 70.5 Å². The van der Waals surface area contributed by atoms with Gasteiger partial charge in [0, 0.05) is 44.5 Å². The second-order valence-electron chi connectivity index (χ2n) is 10.2. The van der Waals surface area contributed by atoms with Gasteiger partial charge in [0.25, 0.3) is 5.91 Å². The number of benzene rings is 1. The average molecular weight is 540 g/mol. The monoisotopic (exact) mass is 539 g/mol. The maximum Gasteiger partial charge on any atom is 0.257 e. The van der Waals surface area contributed by atoms with Gasteiger partial charge in [-0.25, -0.2) is 0 Å². The number of carbonyl (C=O) groups excluding carboxylic acids is 1. The number of nitrogens with zero attached hydrogens (tertiary/aromatic N) is 4. The highest BCUT2D eigenvalue weighted by atomic mass is 35.5. The summed E-state index contributed by atoms with van der Waals surface area (Å²) < 4.78 is 17.1. The molecule has 3 aliphatic heterocycles. The molecule has 0 atom stereocenters. The Bertz CT molecular complexity index is 1360. The van der Waals surface area contributed by atoms with Gasteiger partial charge >= 0.3 is 0 Å². The fraction of sp³-hybridized carbons (Fsp3) is 0.500. The highest BCUT2D eigenvalue weighted by molar-refractivity contribution is 6.36. The number of H-pyrrole nitrogens is 1. The predicted octanol–water partition coefficient (Wildman–Crippen LogP) is 3.59. The number of aromatic amines is 1. The summed E-state index contributed by atoms with van der Waals surface area (Å²) in [5, 5.41) is 8.04. The molecule has 3 fully saturated rings. The fourth-order valence-electron chi connectivity index (χ4n) is 5.51. The number of aromatic nitrogens is 3. The number of hydrogen-bond acceptors (Lipinski definition) is 9. The summed E-state index contributed by atoms with van der Waals surface area (Å²) in [5.74, 6) is 1.99. The van der Waals surface area contributed by atoms with Crippen LogP contribution in [0.1, 0.15) is 36.0 Å². The highest BCUT2D eigenvalue weighted by Gasteiger charge is 2.32. The van der Waals surface area contributed by atoms with Crippen molar-refractivity contribution in [1.82, 2.24) is 24.8 Å². The number of rotatable bonds is 6. The number of piperidine rings is 1. The van der Waals surface area contributed by atoms with Gasteiger partial charge in [0.1, 0.15) is 11.5 Å². The van der Waals surface area contributed by atoms with E-state index in [1.54, 1.807) is 12.3 Å². The number of carbonyl (C=O) groups is 1. The molecule has 1 aromatic carbocycles. The quantitative estimate of drug-likeness (QED) is 0.432. The minimum Gasteiger partial charge on any atom is -0.453 e. The number of morpholine rings is 1. The number of fused-ring (bicyclic) bond motifs is 2. The van der Waals surface area contributed by atoms with E-state index in [1.165, 1.54) is 0 Å². The van der Waals surface area contributed by atoms with E-state index < -0.39 is 0 Å². The van der Waals surface area contributed by atoms with Crippen LogP contribution < -0.4 is 20.1 Å². The molecule has 1 amide bonds. The minimum absolute atomic E-state index is 0.0339. The lowest BCUT2D eigenvalue weighted by molar-refractivity contribution is 0.00155. The van der Waals surface area contributed by atoms with Crippen LogP contribution in [0.4, 0.5) is 17.5 Å². The zero-order valence-corrected chi connectivity index (χ0v) is 21.7. The SMILES string of the molecule is O=C(c1ccc(Nc2nc(NC3CC3)c3c(Cl)c[nH]c3n2)c2c1OCO2)N1CCC(N2CCOCC2)CC1. The Morgan fingerprint density at radius 3 is 2.61 bits per heavy atom. The molecule has 0 radical (unpaired) electrons. The molecule has 7 rings (SSSR count). The Balaban J connectivity index is 1.10. The lowest BCUT2D eigenvalue weighted by Gasteiger charge is -2.40. The van der Waals surface area contributed by atoms with Gasteiger partial charge in [0.15, 0.2) is 11.5 Å². The van der Waals surface area contributed by atoms with Gasteiger partial charge in [0.2, 0.25) is 12.7 Å². The van der Waals surface area contributed by atoms with E-state index in [-0.39, 0.29) is 12.7 Å². The Morgan fingerprint density at radius 1 is 1.03 bits per heavy atom. The third kappa shape index (κ3) is 4.48. The van der Waals surface area contributed by atoms with Crippen LogP contribution in [0.5, 0.6) is 11.5 Å². The van der Waals surface area contributed by atoms with E-state index in [4.69, 9.17) is 30.8 Å². The number of likely N-dealkylation sites (tertiary alicyclic amines) is 1. The van der Waals surface area contributed by atoms with E-state index in [1.807, 2.05) is 11.0 Å². The van der Waals surface area contributed by atoms with Crippen LogP contribution in [-0.4, -0.2) is 88.9 Å². The zero-order chi connectivity index (χ0) is 25.6. The van der Waals surface area contributed by atoms with Crippen molar-refractivity contribution in [2.45, 2.75) is 37.8 Å². The second kappa shape index (κ2) is 9.79. The van der Waals surface area contributed by atoms with Crippen LogP contribution in [-0.2, 0) is 4.74 Å². The molecule has 0 spiro atoms. The van der Waals surface area contributed by atoms with E-state index >= 15 is 0 Å². The molecule has 1 aliphatic carbocycles. The number of anilines is 3. The van der Waals surface area contributed by atoms with Crippen molar-refractivity contribution in [2.75, 3.05) is 56.8 Å². The Hall–Kier alpha value is -3.28. The van der Waals surface area contributed by atoms with Gasteiger partial charge in [-0.1, -0.05) is 11.6 Å². The molecule has 3 N–H and O–H groups in total. The fourth-order valence-corrected chi connectivity index (χ4v) is 5.74. The molecule has 5 heterocycles.